The number of nitrogen functional groups attached to an aromatic ring is 1. The molecule has 2 nitrogen and oxygen atoms in total. The predicted molar refractivity (Wildman–Crippen MR) is 69.2 cm³/mol. The summed E-state index contributed by atoms with van der Waals surface area (Å²) in [5, 5.41) is 0.799. The van der Waals surface area contributed by atoms with Gasteiger partial charge in [0.2, 0.25) is 0 Å². The molecular formula is C14H17ClN2. The molecule has 0 aliphatic heterocycles. The summed E-state index contributed by atoms with van der Waals surface area (Å²) in [6.45, 7) is 0. The van der Waals surface area contributed by atoms with Crippen LogP contribution in [0.15, 0.2) is 6.20 Å². The summed E-state index contributed by atoms with van der Waals surface area (Å²) in [6.07, 6.45) is 8.47. The third-order valence-electron chi connectivity index (χ3n) is 5.04. The second-order valence-corrected chi connectivity index (χ2v) is 6.51. The van der Waals surface area contributed by atoms with Crippen molar-refractivity contribution in [3.8, 4) is 0 Å². The molecule has 2 atom stereocenters. The Morgan fingerprint density at radius 1 is 1.06 bits per heavy atom. The zero-order valence-electron chi connectivity index (χ0n) is 9.82. The van der Waals surface area contributed by atoms with Crippen molar-refractivity contribution in [2.24, 2.45) is 11.8 Å². The van der Waals surface area contributed by atoms with Crippen molar-refractivity contribution in [3.05, 3.63) is 22.5 Å². The van der Waals surface area contributed by atoms with Crippen LogP contribution in [-0.4, -0.2) is 4.98 Å². The summed E-state index contributed by atoms with van der Waals surface area (Å²) in [7, 11) is 0. The maximum Gasteiger partial charge on any atom is 0.0704 e. The van der Waals surface area contributed by atoms with Gasteiger partial charge >= 0.3 is 0 Å². The predicted octanol–water partition coefficient (Wildman–Crippen LogP) is 3.71. The first-order chi connectivity index (χ1) is 8.22. The summed E-state index contributed by atoms with van der Waals surface area (Å²) < 4.78 is 0. The molecule has 0 radical (unpaired) electrons. The molecule has 1 aromatic heterocycles. The molecule has 90 valence electrons. The minimum atomic E-state index is 0.629. The highest BCUT2D eigenvalue weighted by Crippen LogP contribution is 2.57. The summed E-state index contributed by atoms with van der Waals surface area (Å²) >= 11 is 6.45. The maximum absolute atomic E-state index is 6.45. The smallest absolute Gasteiger partial charge is 0.0704 e. The summed E-state index contributed by atoms with van der Waals surface area (Å²) in [4.78, 5) is 4.63. The Morgan fingerprint density at radius 3 is 2.41 bits per heavy atom. The SMILES string of the molecule is Nc1cnc2c(c1Cl)C1CC3CC(CC2C3)C1. The second-order valence-electron chi connectivity index (χ2n) is 6.13. The first kappa shape index (κ1) is 10.2. The van der Waals surface area contributed by atoms with Gasteiger partial charge < -0.3 is 5.73 Å². The van der Waals surface area contributed by atoms with E-state index in [1.54, 1.807) is 6.20 Å². The van der Waals surface area contributed by atoms with Crippen molar-refractivity contribution < 1.29 is 0 Å². The van der Waals surface area contributed by atoms with Gasteiger partial charge in [0.15, 0.2) is 0 Å². The molecule has 0 amide bonds. The molecule has 2 fully saturated rings. The van der Waals surface area contributed by atoms with Gasteiger partial charge in [-0.15, -0.1) is 0 Å². The average Bonchev–Trinajstić information content (AvgIpc) is 2.46. The molecule has 4 bridgehead atoms. The highest BCUT2D eigenvalue weighted by atomic mass is 35.5. The van der Waals surface area contributed by atoms with E-state index in [4.69, 9.17) is 17.3 Å². The van der Waals surface area contributed by atoms with Gasteiger partial charge in [0.25, 0.3) is 0 Å². The van der Waals surface area contributed by atoms with E-state index in [0.717, 1.165) is 16.9 Å². The van der Waals surface area contributed by atoms with Crippen LogP contribution in [0.25, 0.3) is 0 Å². The van der Waals surface area contributed by atoms with Gasteiger partial charge in [0.1, 0.15) is 0 Å². The zero-order chi connectivity index (χ0) is 11.6. The van der Waals surface area contributed by atoms with Crippen LogP contribution in [0.5, 0.6) is 0 Å². The number of anilines is 1. The first-order valence-electron chi connectivity index (χ1n) is 6.66. The van der Waals surface area contributed by atoms with Crippen LogP contribution in [-0.2, 0) is 0 Å². The first-order valence-corrected chi connectivity index (χ1v) is 7.04. The van der Waals surface area contributed by atoms with Crippen molar-refractivity contribution in [1.82, 2.24) is 4.98 Å². The minimum Gasteiger partial charge on any atom is -0.396 e. The van der Waals surface area contributed by atoms with Gasteiger partial charge in [0, 0.05) is 11.6 Å². The molecule has 4 aliphatic rings. The number of halogens is 1. The standard InChI is InChI=1S/C14H17ClN2/c15-13-11(16)6-17-14-10-4-7-1-8(5-10)3-9(2-7)12(13)14/h6-10H,1-5,16H2. The lowest BCUT2D eigenvalue weighted by atomic mass is 9.67. The quantitative estimate of drug-likeness (QED) is 0.760. The van der Waals surface area contributed by atoms with Crippen molar-refractivity contribution in [1.29, 1.82) is 0 Å². The van der Waals surface area contributed by atoms with Crippen LogP contribution in [0, 0.1) is 11.8 Å². The van der Waals surface area contributed by atoms with Crippen LogP contribution < -0.4 is 5.73 Å². The average molecular weight is 249 g/mol. The Labute approximate surface area is 107 Å². The number of hydrogen-bond acceptors (Lipinski definition) is 2. The van der Waals surface area contributed by atoms with Crippen molar-refractivity contribution in [3.63, 3.8) is 0 Å². The molecule has 2 unspecified atom stereocenters. The third-order valence-corrected chi connectivity index (χ3v) is 5.46. The Bertz CT molecular complexity index is 471. The molecule has 3 heteroatoms. The van der Waals surface area contributed by atoms with E-state index in [-0.39, 0.29) is 0 Å². The van der Waals surface area contributed by atoms with E-state index in [2.05, 4.69) is 4.98 Å². The minimum absolute atomic E-state index is 0.629. The molecule has 2 N–H and O–H groups in total. The normalized spacial score (nSPS) is 37.9. The topological polar surface area (TPSA) is 38.9 Å². The zero-order valence-corrected chi connectivity index (χ0v) is 10.6. The third kappa shape index (κ3) is 1.36. The van der Waals surface area contributed by atoms with Gasteiger partial charge in [-0.1, -0.05) is 11.6 Å². The molecule has 0 saturated heterocycles. The van der Waals surface area contributed by atoms with E-state index in [1.165, 1.54) is 43.4 Å². The van der Waals surface area contributed by atoms with Crippen molar-refractivity contribution >= 4 is 17.3 Å². The molecule has 2 saturated carbocycles. The summed E-state index contributed by atoms with van der Waals surface area (Å²) in [6, 6.07) is 0. The molecule has 17 heavy (non-hydrogen) atoms. The highest BCUT2D eigenvalue weighted by molar-refractivity contribution is 6.34. The fraction of sp³-hybridized carbons (Fsp3) is 0.643. The number of pyridine rings is 1. The lowest BCUT2D eigenvalue weighted by Gasteiger charge is -2.38. The molecule has 5 rings (SSSR count). The number of nitrogens with zero attached hydrogens (tertiary/aromatic N) is 1. The summed E-state index contributed by atoms with van der Waals surface area (Å²) in [5.74, 6) is 3.09. The number of hydrogen-bond donors (Lipinski definition) is 1. The van der Waals surface area contributed by atoms with E-state index in [0.29, 0.717) is 17.5 Å². The lowest BCUT2D eigenvalue weighted by Crippen LogP contribution is -2.25. The molecule has 4 aliphatic carbocycles. The van der Waals surface area contributed by atoms with Gasteiger partial charge in [-0.25, -0.2) is 0 Å². The second kappa shape index (κ2) is 3.38. The Kier molecular flexibility index (Phi) is 2.03. The molecule has 0 spiro atoms. The molecule has 1 aromatic rings. The number of rotatable bonds is 0. The van der Waals surface area contributed by atoms with E-state index in [9.17, 15) is 0 Å². The number of nitrogens with two attached hydrogens (primary N) is 1. The molecular weight excluding hydrogens is 232 g/mol. The van der Waals surface area contributed by atoms with Crippen LogP contribution in [0.4, 0.5) is 5.69 Å². The van der Waals surface area contributed by atoms with Gasteiger partial charge in [0.05, 0.1) is 16.9 Å². The Balaban J connectivity index is 1.95. The molecule has 1 heterocycles. The largest absolute Gasteiger partial charge is 0.396 e. The van der Waals surface area contributed by atoms with Crippen LogP contribution in [0.1, 0.15) is 55.2 Å². The Morgan fingerprint density at radius 2 is 1.71 bits per heavy atom. The van der Waals surface area contributed by atoms with E-state index >= 15 is 0 Å². The van der Waals surface area contributed by atoms with E-state index in [1.807, 2.05) is 0 Å². The highest BCUT2D eigenvalue weighted by Gasteiger charge is 2.43. The van der Waals surface area contributed by atoms with E-state index < -0.39 is 0 Å². The van der Waals surface area contributed by atoms with Crippen LogP contribution >= 0.6 is 11.6 Å². The Hall–Kier alpha value is -0.760. The maximum atomic E-state index is 6.45. The number of aromatic nitrogens is 1. The monoisotopic (exact) mass is 248 g/mol. The van der Waals surface area contributed by atoms with Gasteiger partial charge in [-0.05, 0) is 55.4 Å². The lowest BCUT2D eigenvalue weighted by molar-refractivity contribution is 0.165. The van der Waals surface area contributed by atoms with Crippen molar-refractivity contribution in [2.75, 3.05) is 5.73 Å². The van der Waals surface area contributed by atoms with Gasteiger partial charge in [-0.3, -0.25) is 4.98 Å². The summed E-state index contributed by atoms with van der Waals surface area (Å²) in [5.41, 5.74) is 9.17. The molecule has 0 aromatic carbocycles. The fourth-order valence-electron chi connectivity index (χ4n) is 4.56. The van der Waals surface area contributed by atoms with Gasteiger partial charge in [-0.2, -0.15) is 0 Å². The fourth-order valence-corrected chi connectivity index (χ4v) is 4.86. The van der Waals surface area contributed by atoms with Crippen molar-refractivity contribution in [2.45, 2.75) is 43.9 Å². The van der Waals surface area contributed by atoms with Crippen LogP contribution in [0.2, 0.25) is 5.02 Å². The van der Waals surface area contributed by atoms with Crippen LogP contribution in [0.3, 0.4) is 0 Å².